The van der Waals surface area contributed by atoms with Crippen LogP contribution in [0.5, 0.6) is 0 Å². The van der Waals surface area contributed by atoms with Crippen molar-refractivity contribution in [3.63, 3.8) is 0 Å². The average molecular weight is 212 g/mol. The molecule has 0 saturated heterocycles. The predicted octanol–water partition coefficient (Wildman–Crippen LogP) is 2.41. The van der Waals surface area contributed by atoms with Crippen molar-refractivity contribution in [2.45, 2.75) is 6.42 Å². The van der Waals surface area contributed by atoms with Crippen LogP contribution in [0, 0.1) is 0 Å². The minimum absolute atomic E-state index is 0.00251. The number of nitrogen functional groups attached to an aromatic ring is 1. The predicted molar refractivity (Wildman–Crippen MR) is 57.2 cm³/mol. The average Bonchev–Trinajstić information content (AvgIpc) is 2.10. The van der Waals surface area contributed by atoms with Gasteiger partial charge in [-0.1, -0.05) is 29.8 Å². The Morgan fingerprint density at radius 1 is 1.57 bits per heavy atom. The molecule has 14 heavy (non-hydrogen) atoms. The highest BCUT2D eigenvalue weighted by atomic mass is 35.5. The van der Waals surface area contributed by atoms with Gasteiger partial charge in [0, 0.05) is 0 Å². The molecule has 1 aromatic rings. The number of hydrogen-bond donors (Lipinski definition) is 2. The van der Waals surface area contributed by atoms with Crippen LogP contribution in [0.25, 0.3) is 6.08 Å². The maximum atomic E-state index is 10.2. The van der Waals surface area contributed by atoms with Crippen LogP contribution in [0.4, 0.5) is 5.69 Å². The summed E-state index contributed by atoms with van der Waals surface area (Å²) in [5.74, 6) is -0.858. The number of hydrogen-bond acceptors (Lipinski definition) is 2. The van der Waals surface area contributed by atoms with E-state index in [1.165, 1.54) is 0 Å². The van der Waals surface area contributed by atoms with Crippen LogP contribution in [0.3, 0.4) is 0 Å². The summed E-state index contributed by atoms with van der Waals surface area (Å²) in [4.78, 5) is 10.2. The summed E-state index contributed by atoms with van der Waals surface area (Å²) in [5.41, 5.74) is 6.90. The monoisotopic (exact) mass is 211 g/mol. The Kier molecular flexibility index (Phi) is 3.54. The van der Waals surface area contributed by atoms with Crippen molar-refractivity contribution in [3.8, 4) is 0 Å². The fraction of sp³-hybridized carbons (Fsp3) is 0.100. The minimum Gasteiger partial charge on any atom is -0.481 e. The third-order valence-corrected chi connectivity index (χ3v) is 1.97. The number of carboxylic acids is 1. The first-order chi connectivity index (χ1) is 6.59. The van der Waals surface area contributed by atoms with Crippen molar-refractivity contribution in [1.29, 1.82) is 0 Å². The van der Waals surface area contributed by atoms with E-state index >= 15 is 0 Å². The highest BCUT2D eigenvalue weighted by molar-refractivity contribution is 6.33. The molecule has 0 aromatic heterocycles. The van der Waals surface area contributed by atoms with E-state index in [1.54, 1.807) is 30.4 Å². The second-order valence-corrected chi connectivity index (χ2v) is 3.19. The molecule has 3 nitrogen and oxygen atoms in total. The topological polar surface area (TPSA) is 63.3 Å². The van der Waals surface area contributed by atoms with Gasteiger partial charge < -0.3 is 10.8 Å². The molecule has 0 atom stereocenters. The van der Waals surface area contributed by atoms with Gasteiger partial charge >= 0.3 is 5.97 Å². The summed E-state index contributed by atoms with van der Waals surface area (Å²) in [5, 5.41) is 8.89. The van der Waals surface area contributed by atoms with Crippen molar-refractivity contribution in [1.82, 2.24) is 0 Å². The molecular formula is C10H10ClNO2. The number of carbonyl (C=O) groups is 1. The molecule has 1 rings (SSSR count). The molecule has 0 saturated carbocycles. The molecule has 0 amide bonds. The van der Waals surface area contributed by atoms with E-state index in [1.807, 2.05) is 0 Å². The van der Waals surface area contributed by atoms with Crippen LogP contribution in [-0.2, 0) is 4.79 Å². The minimum atomic E-state index is -0.858. The number of benzene rings is 1. The number of anilines is 1. The van der Waals surface area contributed by atoms with Crippen LogP contribution in [0.1, 0.15) is 12.0 Å². The summed E-state index contributed by atoms with van der Waals surface area (Å²) in [6, 6.07) is 5.15. The first-order valence-electron chi connectivity index (χ1n) is 4.03. The van der Waals surface area contributed by atoms with Crippen LogP contribution in [0.15, 0.2) is 24.3 Å². The fourth-order valence-electron chi connectivity index (χ4n) is 0.962. The van der Waals surface area contributed by atoms with Crippen molar-refractivity contribution >= 4 is 29.3 Å². The maximum absolute atomic E-state index is 10.2. The molecule has 1 aromatic carbocycles. The van der Waals surface area contributed by atoms with E-state index in [-0.39, 0.29) is 6.42 Å². The lowest BCUT2D eigenvalue weighted by Crippen LogP contribution is -1.90. The van der Waals surface area contributed by atoms with Crippen molar-refractivity contribution < 1.29 is 9.90 Å². The van der Waals surface area contributed by atoms with Gasteiger partial charge in [-0.25, -0.2) is 0 Å². The third kappa shape index (κ3) is 3.11. The quantitative estimate of drug-likeness (QED) is 0.755. The number of nitrogens with two attached hydrogens (primary N) is 1. The summed E-state index contributed by atoms with van der Waals surface area (Å²) in [6.07, 6.45) is 3.26. The SMILES string of the molecule is Nc1cc(C=CCC(=O)O)ccc1Cl. The first-order valence-corrected chi connectivity index (χ1v) is 4.41. The molecule has 0 fully saturated rings. The van der Waals surface area contributed by atoms with Crippen LogP contribution in [-0.4, -0.2) is 11.1 Å². The Labute approximate surface area is 86.8 Å². The molecule has 0 unspecified atom stereocenters. The zero-order chi connectivity index (χ0) is 10.6. The molecule has 0 radical (unpaired) electrons. The lowest BCUT2D eigenvalue weighted by Gasteiger charge is -1.98. The zero-order valence-corrected chi connectivity index (χ0v) is 8.16. The van der Waals surface area contributed by atoms with E-state index < -0.39 is 5.97 Å². The highest BCUT2D eigenvalue weighted by Gasteiger charge is 1.95. The van der Waals surface area contributed by atoms with Gasteiger partial charge in [-0.2, -0.15) is 0 Å². The standard InChI is InChI=1S/C10H10ClNO2/c11-8-5-4-7(6-9(8)12)2-1-3-10(13)14/h1-2,4-6H,3,12H2,(H,13,14). The van der Waals surface area contributed by atoms with E-state index in [0.29, 0.717) is 10.7 Å². The molecule has 4 heteroatoms. The molecule has 0 bridgehead atoms. The molecule has 74 valence electrons. The molecule has 0 spiro atoms. The Morgan fingerprint density at radius 3 is 2.86 bits per heavy atom. The molecule has 0 aliphatic carbocycles. The van der Waals surface area contributed by atoms with Crippen molar-refractivity contribution in [2.24, 2.45) is 0 Å². The van der Waals surface area contributed by atoms with Gasteiger partial charge in [0.2, 0.25) is 0 Å². The number of carboxylic acid groups (broad SMARTS) is 1. The van der Waals surface area contributed by atoms with Gasteiger partial charge in [-0.05, 0) is 17.7 Å². The fourth-order valence-corrected chi connectivity index (χ4v) is 1.08. The largest absolute Gasteiger partial charge is 0.481 e. The Hall–Kier alpha value is -1.48. The van der Waals surface area contributed by atoms with E-state index in [2.05, 4.69) is 0 Å². The van der Waals surface area contributed by atoms with E-state index in [0.717, 1.165) is 5.56 Å². The van der Waals surface area contributed by atoms with Gasteiger partial charge in [0.15, 0.2) is 0 Å². The summed E-state index contributed by atoms with van der Waals surface area (Å²) < 4.78 is 0. The second-order valence-electron chi connectivity index (χ2n) is 2.78. The van der Waals surface area contributed by atoms with Gasteiger partial charge in [0.1, 0.15) is 0 Å². The van der Waals surface area contributed by atoms with Crippen LogP contribution >= 0.6 is 11.6 Å². The molecule has 0 aliphatic rings. The van der Waals surface area contributed by atoms with E-state index in [9.17, 15) is 4.79 Å². The Morgan fingerprint density at radius 2 is 2.29 bits per heavy atom. The van der Waals surface area contributed by atoms with Crippen LogP contribution in [0.2, 0.25) is 5.02 Å². The van der Waals surface area contributed by atoms with Gasteiger partial charge in [0.05, 0.1) is 17.1 Å². The zero-order valence-electron chi connectivity index (χ0n) is 7.40. The number of aliphatic carboxylic acids is 1. The number of rotatable bonds is 3. The summed E-state index contributed by atoms with van der Waals surface area (Å²) >= 11 is 5.72. The molecule has 0 heterocycles. The third-order valence-electron chi connectivity index (χ3n) is 1.62. The summed E-state index contributed by atoms with van der Waals surface area (Å²) in [6.45, 7) is 0. The smallest absolute Gasteiger partial charge is 0.307 e. The van der Waals surface area contributed by atoms with Crippen molar-refractivity contribution in [3.05, 3.63) is 34.9 Å². The molecule has 0 aliphatic heterocycles. The lowest BCUT2D eigenvalue weighted by atomic mass is 10.2. The van der Waals surface area contributed by atoms with Gasteiger partial charge in [0.25, 0.3) is 0 Å². The van der Waals surface area contributed by atoms with Gasteiger partial charge in [-0.15, -0.1) is 0 Å². The highest BCUT2D eigenvalue weighted by Crippen LogP contribution is 2.20. The maximum Gasteiger partial charge on any atom is 0.307 e. The number of halogens is 1. The molecule has 3 N–H and O–H groups in total. The Balaban J connectivity index is 2.73. The van der Waals surface area contributed by atoms with E-state index in [4.69, 9.17) is 22.4 Å². The first kappa shape index (κ1) is 10.6. The van der Waals surface area contributed by atoms with Gasteiger partial charge in [-0.3, -0.25) is 4.79 Å². The molecular weight excluding hydrogens is 202 g/mol. The summed E-state index contributed by atoms with van der Waals surface area (Å²) in [7, 11) is 0. The second kappa shape index (κ2) is 4.67. The normalized spacial score (nSPS) is 10.6. The Bertz CT molecular complexity index is 374. The van der Waals surface area contributed by atoms with Crippen LogP contribution < -0.4 is 5.73 Å². The van der Waals surface area contributed by atoms with Crippen molar-refractivity contribution in [2.75, 3.05) is 5.73 Å². The lowest BCUT2D eigenvalue weighted by molar-refractivity contribution is -0.135.